The molecule has 0 aliphatic carbocycles. The second-order valence-corrected chi connectivity index (χ2v) is 17.7. The molecule has 0 amide bonds. The van der Waals surface area contributed by atoms with Crippen LogP contribution in [0.4, 0.5) is 17.1 Å². The molecule has 57 heavy (non-hydrogen) atoms. The van der Waals surface area contributed by atoms with E-state index in [9.17, 15) is 0 Å². The Labute approximate surface area is 352 Å². The van der Waals surface area contributed by atoms with Gasteiger partial charge in [0.25, 0.3) is 0 Å². The van der Waals surface area contributed by atoms with Crippen molar-refractivity contribution >= 4 is 38.9 Å². The molecule has 5 nitrogen and oxygen atoms in total. The van der Waals surface area contributed by atoms with Gasteiger partial charge in [-0.05, 0) is 88.7 Å². The molecule has 5 aromatic carbocycles. The number of fused-ring (bicyclic) bond motifs is 3. The fourth-order valence-electron chi connectivity index (χ4n) is 7.97. The van der Waals surface area contributed by atoms with Crippen LogP contribution < -0.4 is 4.90 Å². The SMILES string of the molecule is Cc1cc(C)n(-c2[c-]c(N(c3[c-]c4c(c(C(C)(C)C)c3)c3ccccc3n4-c3cc(C(C)(C)C)ccn3)c3ccccc3)cc(C(C)(C)c3ccccc3)c2)n1.[Pt+2]. The Balaban J connectivity index is 0.00000496. The molecule has 8 rings (SSSR count). The molecule has 3 aromatic heterocycles. The van der Waals surface area contributed by atoms with Crippen molar-refractivity contribution in [3.8, 4) is 11.5 Å². The molecule has 290 valence electrons. The monoisotopic (exact) mass is 928 g/mol. The van der Waals surface area contributed by atoms with Crippen molar-refractivity contribution in [1.82, 2.24) is 19.3 Å². The zero-order valence-electron chi connectivity index (χ0n) is 34.7. The minimum absolute atomic E-state index is 0. The van der Waals surface area contributed by atoms with Crippen LogP contribution in [0.15, 0.2) is 128 Å². The first-order valence-electron chi connectivity index (χ1n) is 19.6. The molecular weight excluding hydrogens is 878 g/mol. The Kier molecular flexibility index (Phi) is 10.5. The van der Waals surface area contributed by atoms with Gasteiger partial charge in [0.15, 0.2) is 0 Å². The number of aryl methyl sites for hydroxylation is 2. The van der Waals surface area contributed by atoms with Gasteiger partial charge in [0, 0.05) is 23.1 Å². The van der Waals surface area contributed by atoms with Gasteiger partial charge in [0.1, 0.15) is 5.82 Å². The Morgan fingerprint density at radius 3 is 1.91 bits per heavy atom. The molecule has 0 N–H and O–H groups in total. The van der Waals surface area contributed by atoms with E-state index in [0.29, 0.717) is 0 Å². The van der Waals surface area contributed by atoms with E-state index in [4.69, 9.17) is 10.1 Å². The van der Waals surface area contributed by atoms with Gasteiger partial charge in [-0.3, -0.25) is 4.68 Å². The molecule has 0 bridgehead atoms. The summed E-state index contributed by atoms with van der Waals surface area (Å²) in [7, 11) is 0. The van der Waals surface area contributed by atoms with Crippen LogP contribution in [-0.4, -0.2) is 19.3 Å². The van der Waals surface area contributed by atoms with Gasteiger partial charge in [-0.15, -0.1) is 41.5 Å². The Morgan fingerprint density at radius 2 is 1.26 bits per heavy atom. The van der Waals surface area contributed by atoms with Gasteiger partial charge in [0.05, 0.1) is 5.69 Å². The zero-order chi connectivity index (χ0) is 39.6. The van der Waals surface area contributed by atoms with E-state index in [-0.39, 0.29) is 37.3 Å². The maximum Gasteiger partial charge on any atom is 2.00 e. The molecule has 0 radical (unpaired) electrons. The normalized spacial score (nSPS) is 12.2. The standard InChI is InChI=1S/C51H51N5.Pt/c1-34-27-35(2)56(53-34)42-29-38(51(9,10)36-19-13-11-14-20-36)28-40(31-42)54(39-21-15-12-16-22-39)41-32-44(50(6,7)8)48-43-23-17-18-24-45(43)55(46(48)33-41)47-30-37(25-26-52-47)49(3,4)5;/h11-30,32H,1-10H3;/q-2;+2. The summed E-state index contributed by atoms with van der Waals surface area (Å²) in [6, 6.07) is 51.3. The minimum Gasteiger partial charge on any atom is -0.358 e. The summed E-state index contributed by atoms with van der Waals surface area (Å²) in [4.78, 5) is 7.33. The summed E-state index contributed by atoms with van der Waals surface area (Å²) in [5, 5.41) is 7.34. The van der Waals surface area contributed by atoms with E-state index in [1.807, 2.05) is 17.8 Å². The van der Waals surface area contributed by atoms with Crippen molar-refractivity contribution in [2.45, 2.75) is 85.5 Å². The largest absolute Gasteiger partial charge is 2.00 e. The van der Waals surface area contributed by atoms with E-state index < -0.39 is 0 Å². The number of para-hydroxylation sites is 2. The number of rotatable bonds is 7. The number of nitrogens with zero attached hydrogens (tertiary/aromatic N) is 5. The van der Waals surface area contributed by atoms with E-state index in [2.05, 4.69) is 205 Å². The molecule has 3 heterocycles. The molecule has 0 aliphatic rings. The van der Waals surface area contributed by atoms with Gasteiger partial charge in [0.2, 0.25) is 0 Å². The maximum atomic E-state index is 5.01. The Morgan fingerprint density at radius 1 is 0.614 bits per heavy atom. The van der Waals surface area contributed by atoms with E-state index in [1.54, 1.807) is 0 Å². The van der Waals surface area contributed by atoms with Crippen molar-refractivity contribution in [3.63, 3.8) is 0 Å². The van der Waals surface area contributed by atoms with Crippen LogP contribution in [0.2, 0.25) is 0 Å². The van der Waals surface area contributed by atoms with Crippen LogP contribution in [0.25, 0.3) is 33.3 Å². The molecule has 0 fully saturated rings. The van der Waals surface area contributed by atoms with Crippen molar-refractivity contribution in [2.24, 2.45) is 0 Å². The second-order valence-electron chi connectivity index (χ2n) is 17.7. The van der Waals surface area contributed by atoms with E-state index in [0.717, 1.165) is 56.6 Å². The first-order chi connectivity index (χ1) is 26.6. The van der Waals surface area contributed by atoms with Gasteiger partial charge >= 0.3 is 21.1 Å². The molecule has 0 saturated heterocycles. The summed E-state index contributed by atoms with van der Waals surface area (Å²) < 4.78 is 4.33. The van der Waals surface area contributed by atoms with Crippen molar-refractivity contribution < 1.29 is 21.1 Å². The zero-order valence-corrected chi connectivity index (χ0v) is 36.9. The molecule has 0 saturated carbocycles. The number of hydrogen-bond donors (Lipinski definition) is 0. The molecular formula is C51H51N5Pt. The molecule has 0 unspecified atom stereocenters. The number of hydrogen-bond acceptors (Lipinski definition) is 3. The van der Waals surface area contributed by atoms with Gasteiger partial charge < -0.3 is 9.47 Å². The second kappa shape index (κ2) is 14.9. The van der Waals surface area contributed by atoms with Crippen molar-refractivity contribution in [1.29, 1.82) is 0 Å². The predicted octanol–water partition coefficient (Wildman–Crippen LogP) is 13.0. The van der Waals surface area contributed by atoms with Crippen LogP contribution in [0.5, 0.6) is 0 Å². The third-order valence-corrected chi connectivity index (χ3v) is 11.1. The topological polar surface area (TPSA) is 38.9 Å². The molecule has 8 aromatic rings. The molecule has 0 atom stereocenters. The number of aromatic nitrogens is 4. The maximum absolute atomic E-state index is 5.01. The molecule has 0 aliphatic heterocycles. The van der Waals surface area contributed by atoms with Crippen LogP contribution in [-0.2, 0) is 37.3 Å². The first-order valence-corrected chi connectivity index (χ1v) is 19.6. The Bertz CT molecular complexity index is 2710. The van der Waals surface area contributed by atoms with E-state index >= 15 is 0 Å². The van der Waals surface area contributed by atoms with Crippen molar-refractivity contribution in [3.05, 3.63) is 173 Å². The van der Waals surface area contributed by atoms with Crippen LogP contribution in [0.1, 0.15) is 89.0 Å². The summed E-state index contributed by atoms with van der Waals surface area (Å²) in [5.74, 6) is 0.883. The fourth-order valence-corrected chi connectivity index (χ4v) is 7.97. The van der Waals surface area contributed by atoms with Gasteiger partial charge in [-0.25, -0.2) is 4.98 Å². The quantitative estimate of drug-likeness (QED) is 0.150. The summed E-state index contributed by atoms with van der Waals surface area (Å²) in [5.41, 5.74) is 12.2. The van der Waals surface area contributed by atoms with Crippen LogP contribution in [0, 0.1) is 26.0 Å². The van der Waals surface area contributed by atoms with Crippen molar-refractivity contribution in [2.75, 3.05) is 4.90 Å². The smallest absolute Gasteiger partial charge is 0.358 e. The third-order valence-electron chi connectivity index (χ3n) is 11.1. The fraction of sp³-hybridized carbons (Fsp3) is 0.255. The third kappa shape index (κ3) is 7.39. The number of benzene rings is 5. The Hall–Kier alpha value is -5.25. The number of anilines is 3. The van der Waals surface area contributed by atoms with Crippen LogP contribution in [0.3, 0.4) is 0 Å². The molecule has 0 spiro atoms. The summed E-state index contributed by atoms with van der Waals surface area (Å²) in [6.45, 7) is 22.4. The molecule has 6 heteroatoms. The minimum atomic E-state index is -0.321. The summed E-state index contributed by atoms with van der Waals surface area (Å²) >= 11 is 0. The number of pyridine rings is 1. The predicted molar refractivity (Wildman–Crippen MR) is 233 cm³/mol. The van der Waals surface area contributed by atoms with Crippen LogP contribution >= 0.6 is 0 Å². The van der Waals surface area contributed by atoms with Gasteiger partial charge in [-0.2, -0.15) is 5.10 Å². The van der Waals surface area contributed by atoms with Gasteiger partial charge in [-0.1, -0.05) is 144 Å². The van der Waals surface area contributed by atoms with E-state index in [1.165, 1.54) is 27.5 Å². The summed E-state index contributed by atoms with van der Waals surface area (Å²) in [6.07, 6.45) is 1.94. The average Bonchev–Trinajstić information content (AvgIpc) is 3.70. The average molecular weight is 929 g/mol. The first kappa shape index (κ1) is 40.0.